The lowest BCUT2D eigenvalue weighted by molar-refractivity contribution is 0.599. The molecule has 1 heterocycles. The largest absolute Gasteiger partial charge is 0.219 e. The molecule has 1 aliphatic rings. The second-order valence-electron chi connectivity index (χ2n) is 3.47. The molecule has 0 aliphatic carbocycles. The maximum atomic E-state index is 13.0. The molecule has 86 valence electrons. The highest BCUT2D eigenvalue weighted by Gasteiger charge is 2.26. The van der Waals surface area contributed by atoms with E-state index in [2.05, 4.69) is 0 Å². The van der Waals surface area contributed by atoms with Gasteiger partial charge in [0.2, 0.25) is 9.84 Å². The van der Waals surface area contributed by atoms with Crippen molar-refractivity contribution in [2.45, 2.75) is 11.8 Å². The van der Waals surface area contributed by atoms with Gasteiger partial charge in [0.1, 0.15) is 5.82 Å². The van der Waals surface area contributed by atoms with Gasteiger partial charge in [-0.3, -0.25) is 0 Å². The Hall–Kier alpha value is -0.810. The fourth-order valence-electron chi connectivity index (χ4n) is 1.63. The van der Waals surface area contributed by atoms with Crippen molar-refractivity contribution < 1.29 is 12.8 Å². The second kappa shape index (κ2) is 4.22. The third-order valence-corrected chi connectivity index (χ3v) is 4.82. The zero-order valence-electron chi connectivity index (χ0n) is 8.73. The Bertz CT molecular complexity index is 547. The quantitative estimate of drug-likeness (QED) is 0.836. The van der Waals surface area contributed by atoms with Crippen molar-refractivity contribution in [3.05, 3.63) is 35.0 Å². The number of sulfone groups is 1. The van der Waals surface area contributed by atoms with E-state index in [0.29, 0.717) is 11.3 Å². The Kier molecular flexibility index (Phi) is 3.08. The van der Waals surface area contributed by atoms with Crippen LogP contribution < -0.4 is 0 Å². The molecule has 0 amide bonds. The molecule has 1 aliphatic heterocycles. The average Bonchev–Trinajstić information content (AvgIpc) is 2.48. The highest BCUT2D eigenvalue weighted by molar-refractivity contribution is 8.00. The summed E-state index contributed by atoms with van der Waals surface area (Å²) in [6, 6.07) is 3.92. The normalized spacial score (nSPS) is 17.0. The second-order valence-corrected chi connectivity index (χ2v) is 6.51. The van der Waals surface area contributed by atoms with Gasteiger partial charge in [0, 0.05) is 11.2 Å². The maximum Gasteiger partial charge on any atom is 0.200 e. The number of halogens is 1. The van der Waals surface area contributed by atoms with Crippen LogP contribution in [0.2, 0.25) is 0 Å². The van der Waals surface area contributed by atoms with Crippen LogP contribution in [0.15, 0.2) is 28.5 Å². The maximum absolute atomic E-state index is 13.0. The van der Waals surface area contributed by atoms with Gasteiger partial charge in [0.15, 0.2) is 0 Å². The lowest BCUT2D eigenvalue weighted by Crippen LogP contribution is -1.94. The molecule has 1 aromatic rings. The minimum Gasteiger partial charge on any atom is -0.219 e. The predicted octanol–water partition coefficient (Wildman–Crippen LogP) is 2.71. The molecule has 0 aromatic heterocycles. The molecule has 0 radical (unpaired) electrons. The lowest BCUT2D eigenvalue weighted by atomic mass is 10.1. The van der Waals surface area contributed by atoms with Crippen LogP contribution in [0.3, 0.4) is 0 Å². The summed E-state index contributed by atoms with van der Waals surface area (Å²) in [6.45, 7) is 2.01. The molecule has 5 heteroatoms. The van der Waals surface area contributed by atoms with Crippen LogP contribution in [0.5, 0.6) is 0 Å². The third kappa shape index (κ3) is 2.01. The van der Waals surface area contributed by atoms with E-state index in [1.165, 1.54) is 17.5 Å². The summed E-state index contributed by atoms with van der Waals surface area (Å²) in [7, 11) is -3.42. The minimum absolute atomic E-state index is 0.0965. The number of fused-ring (bicyclic) bond motifs is 1. The highest BCUT2D eigenvalue weighted by atomic mass is 32.2. The van der Waals surface area contributed by atoms with Gasteiger partial charge in [-0.05, 0) is 29.0 Å². The van der Waals surface area contributed by atoms with Crippen LogP contribution in [0.25, 0.3) is 5.57 Å². The van der Waals surface area contributed by atoms with Crippen LogP contribution in [0, 0.1) is 5.82 Å². The Labute approximate surface area is 98.5 Å². The Balaban J connectivity index is 2.48. The first kappa shape index (κ1) is 11.7. The van der Waals surface area contributed by atoms with E-state index in [1.54, 1.807) is 11.8 Å². The van der Waals surface area contributed by atoms with Crippen LogP contribution >= 0.6 is 11.8 Å². The number of thioether (sulfide) groups is 1. The van der Waals surface area contributed by atoms with Gasteiger partial charge in [0.05, 0.1) is 4.90 Å². The summed E-state index contributed by atoms with van der Waals surface area (Å²) in [5.41, 5.74) is 1.41. The third-order valence-electron chi connectivity index (χ3n) is 2.36. The average molecular weight is 258 g/mol. The van der Waals surface area contributed by atoms with Gasteiger partial charge in [-0.2, -0.15) is 11.8 Å². The van der Waals surface area contributed by atoms with Crippen molar-refractivity contribution in [3.8, 4) is 0 Å². The van der Waals surface area contributed by atoms with E-state index in [1.807, 2.05) is 6.92 Å². The smallest absolute Gasteiger partial charge is 0.200 e. The number of hydrogen-bond acceptors (Lipinski definition) is 3. The molecular formula is C11H11FO2S2. The fraction of sp³-hybridized carbons (Fsp3) is 0.273. The van der Waals surface area contributed by atoms with Crippen LogP contribution in [-0.4, -0.2) is 19.9 Å². The summed E-state index contributed by atoms with van der Waals surface area (Å²) in [6.07, 6.45) is 0. The molecule has 1 aromatic carbocycles. The topological polar surface area (TPSA) is 34.1 Å². The van der Waals surface area contributed by atoms with E-state index < -0.39 is 15.7 Å². The van der Waals surface area contributed by atoms with E-state index in [0.717, 1.165) is 17.4 Å². The van der Waals surface area contributed by atoms with Crippen LogP contribution in [-0.2, 0) is 9.84 Å². The van der Waals surface area contributed by atoms with Gasteiger partial charge in [-0.25, -0.2) is 12.8 Å². The number of hydrogen-bond donors (Lipinski definition) is 0. The Morgan fingerprint density at radius 2 is 2.12 bits per heavy atom. The summed E-state index contributed by atoms with van der Waals surface area (Å²) >= 11 is 1.65. The van der Waals surface area contributed by atoms with Crippen molar-refractivity contribution in [2.24, 2.45) is 0 Å². The zero-order valence-corrected chi connectivity index (χ0v) is 10.4. The molecule has 0 fully saturated rings. The summed E-state index contributed by atoms with van der Waals surface area (Å²) in [4.78, 5) is 0.0965. The van der Waals surface area contributed by atoms with Gasteiger partial charge in [-0.1, -0.05) is 13.0 Å². The van der Waals surface area contributed by atoms with E-state index in [9.17, 15) is 12.8 Å². The summed E-state index contributed by atoms with van der Waals surface area (Å²) < 4.78 is 36.4. The van der Waals surface area contributed by atoms with Crippen molar-refractivity contribution in [3.63, 3.8) is 0 Å². The van der Waals surface area contributed by atoms with Crippen LogP contribution in [0.4, 0.5) is 4.39 Å². The predicted molar refractivity (Wildman–Crippen MR) is 64.6 cm³/mol. The molecule has 0 saturated heterocycles. The number of benzene rings is 1. The first-order valence-corrected chi connectivity index (χ1v) is 7.58. The van der Waals surface area contributed by atoms with Gasteiger partial charge in [-0.15, -0.1) is 0 Å². The van der Waals surface area contributed by atoms with E-state index in [4.69, 9.17) is 0 Å². The van der Waals surface area contributed by atoms with Gasteiger partial charge in [0.25, 0.3) is 0 Å². The monoisotopic (exact) mass is 258 g/mol. The minimum atomic E-state index is -3.42. The van der Waals surface area contributed by atoms with E-state index in [-0.39, 0.29) is 4.90 Å². The summed E-state index contributed by atoms with van der Waals surface area (Å²) in [5.74, 6) is 1.06. The van der Waals surface area contributed by atoms with Gasteiger partial charge < -0.3 is 0 Å². The Morgan fingerprint density at radius 3 is 2.81 bits per heavy atom. The van der Waals surface area contributed by atoms with Gasteiger partial charge >= 0.3 is 0 Å². The van der Waals surface area contributed by atoms with Crippen molar-refractivity contribution in [2.75, 3.05) is 11.5 Å². The Morgan fingerprint density at radius 1 is 1.38 bits per heavy atom. The molecule has 0 N–H and O–H groups in total. The van der Waals surface area contributed by atoms with E-state index >= 15 is 0 Å². The summed E-state index contributed by atoms with van der Waals surface area (Å²) in [5, 5.41) is 1.25. The molecule has 0 saturated carbocycles. The van der Waals surface area contributed by atoms with Crippen molar-refractivity contribution >= 4 is 27.2 Å². The first-order chi connectivity index (χ1) is 7.54. The fourth-order valence-corrected chi connectivity index (χ4v) is 3.90. The molecular weight excluding hydrogens is 247 g/mol. The lowest BCUT2D eigenvalue weighted by Gasteiger charge is -2.03. The zero-order chi connectivity index (χ0) is 11.8. The molecule has 2 rings (SSSR count). The molecule has 0 atom stereocenters. The SMILES string of the molecule is CCSCC1=CS(=O)(=O)c2cc(F)ccc21. The molecule has 0 unspecified atom stereocenters. The highest BCUT2D eigenvalue weighted by Crippen LogP contribution is 2.35. The molecule has 0 bridgehead atoms. The van der Waals surface area contributed by atoms with Crippen molar-refractivity contribution in [1.82, 2.24) is 0 Å². The first-order valence-electron chi connectivity index (χ1n) is 4.88. The van der Waals surface area contributed by atoms with Crippen molar-refractivity contribution in [1.29, 1.82) is 0 Å². The molecule has 0 spiro atoms. The number of rotatable bonds is 3. The molecule has 2 nitrogen and oxygen atoms in total. The van der Waals surface area contributed by atoms with Crippen LogP contribution in [0.1, 0.15) is 12.5 Å². The molecule has 16 heavy (non-hydrogen) atoms. The standard InChI is InChI=1S/C11H11FO2S2/c1-2-15-6-8-7-16(13,14)11-5-9(12)3-4-10(8)11/h3-5,7H,2,6H2,1H3.